The number of hydrogen-bond donors (Lipinski definition) is 3. The second-order valence-electron chi connectivity index (χ2n) is 17.1. The Kier molecular flexibility index (Phi) is 38.2. The Labute approximate surface area is 392 Å². The van der Waals surface area contributed by atoms with Crippen molar-refractivity contribution in [3.05, 3.63) is 60.8 Å². The molecule has 1 saturated heterocycles. The molecule has 1 heterocycles. The zero-order valence-electron chi connectivity index (χ0n) is 40.5. The predicted molar refractivity (Wildman–Crippen MR) is 257 cm³/mol. The molecule has 0 aromatic heterocycles. The molecule has 65 heavy (non-hydrogen) atoms. The average Bonchev–Trinajstić information content (AvgIpc) is 3.29. The van der Waals surface area contributed by atoms with Gasteiger partial charge in [0.1, 0.15) is 18.8 Å². The van der Waals surface area contributed by atoms with E-state index < -0.39 is 67.3 Å². The number of carbonyl (C=O) groups is 4. The summed E-state index contributed by atoms with van der Waals surface area (Å²) in [6.07, 6.45) is 36.6. The molecule has 1 fully saturated rings. The van der Waals surface area contributed by atoms with Crippen LogP contribution in [0.15, 0.2) is 60.8 Å². The third-order valence-corrected chi connectivity index (χ3v) is 11.1. The van der Waals surface area contributed by atoms with Gasteiger partial charge in [-0.3, -0.25) is 14.4 Å². The summed E-state index contributed by atoms with van der Waals surface area (Å²) in [6, 6.07) is 0. The van der Waals surface area contributed by atoms with Crippen molar-refractivity contribution >= 4 is 23.9 Å². The fraction of sp³-hybridized carbons (Fsp3) is 0.736. The van der Waals surface area contributed by atoms with Crippen molar-refractivity contribution in [2.75, 3.05) is 13.2 Å². The van der Waals surface area contributed by atoms with Crippen molar-refractivity contribution in [2.45, 2.75) is 237 Å². The molecule has 0 aliphatic carbocycles. The first-order valence-corrected chi connectivity index (χ1v) is 25.3. The molecule has 0 bridgehead atoms. The number of aliphatic hydroxyl groups excluding tert-OH is 2. The number of hydrogen-bond acceptors (Lipinski definition) is 11. The van der Waals surface area contributed by atoms with Gasteiger partial charge in [-0.25, -0.2) is 4.79 Å². The lowest BCUT2D eigenvalue weighted by molar-refractivity contribution is -0.301. The van der Waals surface area contributed by atoms with E-state index in [0.717, 1.165) is 109 Å². The normalized spacial score (nSPS) is 19.6. The molecule has 0 saturated carbocycles. The fourth-order valence-electron chi connectivity index (χ4n) is 7.18. The fourth-order valence-corrected chi connectivity index (χ4v) is 7.18. The van der Waals surface area contributed by atoms with Crippen molar-refractivity contribution in [1.82, 2.24) is 0 Å². The van der Waals surface area contributed by atoms with E-state index in [4.69, 9.17) is 23.7 Å². The zero-order chi connectivity index (χ0) is 47.6. The number of rotatable bonds is 41. The summed E-state index contributed by atoms with van der Waals surface area (Å²) in [4.78, 5) is 50.7. The smallest absolute Gasteiger partial charge is 0.335 e. The molecule has 6 unspecified atom stereocenters. The Morgan fingerprint density at radius 3 is 1.55 bits per heavy atom. The molecule has 0 spiro atoms. The Balaban J connectivity index is 2.76. The van der Waals surface area contributed by atoms with E-state index in [2.05, 4.69) is 81.5 Å². The first kappa shape index (κ1) is 59.4. The van der Waals surface area contributed by atoms with E-state index in [1.807, 2.05) is 0 Å². The highest BCUT2D eigenvalue weighted by molar-refractivity contribution is 5.74. The quantitative estimate of drug-likeness (QED) is 0.0229. The Morgan fingerprint density at radius 1 is 0.523 bits per heavy atom. The molecule has 0 aromatic carbocycles. The molecule has 372 valence electrons. The van der Waals surface area contributed by atoms with Crippen molar-refractivity contribution in [3.63, 3.8) is 0 Å². The minimum Gasteiger partial charge on any atom is -0.479 e. The van der Waals surface area contributed by atoms with Gasteiger partial charge in [0.2, 0.25) is 0 Å². The van der Waals surface area contributed by atoms with Crippen LogP contribution in [0.4, 0.5) is 0 Å². The monoisotopic (exact) mass is 917 g/mol. The molecule has 1 aliphatic rings. The van der Waals surface area contributed by atoms with Gasteiger partial charge in [0, 0.05) is 19.3 Å². The van der Waals surface area contributed by atoms with Gasteiger partial charge < -0.3 is 39.0 Å². The third-order valence-electron chi connectivity index (χ3n) is 11.1. The second kappa shape index (κ2) is 41.8. The number of allylic oxidation sites excluding steroid dienone is 10. The average molecular weight is 917 g/mol. The standard InChI is InChI=1S/C53H88O12/c1-4-7-10-13-16-19-21-23-25-28-30-33-36-39-45(54)61-42-44(63-46(55)40-37-34-31-27-18-15-12-9-6-3)43-62-53-51(49(58)48(57)50(65-53)52(59)60)64-47(56)41-38-35-32-29-26-24-22-20-17-14-11-8-5-2/h7,10-11,14,16,19-20,22-23,25,44,48-51,53,57-58H,4-6,8-9,12-13,15,17-18,21,24,26-43H2,1-3H3,(H,59,60)/b10-7-,14-11-,19-16-,22-20-,25-23-. The summed E-state index contributed by atoms with van der Waals surface area (Å²) >= 11 is 0. The number of esters is 3. The van der Waals surface area contributed by atoms with Crippen molar-refractivity contribution in [2.24, 2.45) is 0 Å². The predicted octanol–water partition coefficient (Wildman–Crippen LogP) is 11.7. The van der Waals surface area contributed by atoms with Crippen LogP contribution >= 0.6 is 0 Å². The van der Waals surface area contributed by atoms with E-state index in [-0.39, 0.29) is 25.9 Å². The van der Waals surface area contributed by atoms with E-state index in [1.54, 1.807) is 0 Å². The van der Waals surface area contributed by atoms with Crippen LogP contribution in [-0.2, 0) is 42.9 Å². The zero-order valence-corrected chi connectivity index (χ0v) is 40.5. The molecule has 1 rings (SSSR count). The first-order valence-electron chi connectivity index (χ1n) is 25.3. The SMILES string of the molecule is CC/C=C\C/C=C\C/C=C\CCCCCC(=O)OCC(COC1OC(C(=O)O)C(O)C(O)C1OC(=O)CCCCCCC/C=C\C/C=C\CCC)OC(=O)CCCCCCCCCCC. The lowest BCUT2D eigenvalue weighted by Gasteiger charge is -2.40. The lowest BCUT2D eigenvalue weighted by Crippen LogP contribution is -2.61. The van der Waals surface area contributed by atoms with Crippen LogP contribution in [0, 0.1) is 0 Å². The topological polar surface area (TPSA) is 175 Å². The summed E-state index contributed by atoms with van der Waals surface area (Å²) in [5, 5.41) is 31.3. The highest BCUT2D eigenvalue weighted by Gasteiger charge is 2.50. The minimum absolute atomic E-state index is 0.0408. The van der Waals surface area contributed by atoms with Gasteiger partial charge in [0.15, 0.2) is 24.6 Å². The van der Waals surface area contributed by atoms with Crippen molar-refractivity contribution in [1.29, 1.82) is 0 Å². The molecular formula is C53H88O12. The maximum Gasteiger partial charge on any atom is 0.335 e. The molecule has 3 N–H and O–H groups in total. The first-order chi connectivity index (χ1) is 31.6. The summed E-state index contributed by atoms with van der Waals surface area (Å²) in [5.74, 6) is -3.18. The summed E-state index contributed by atoms with van der Waals surface area (Å²) in [7, 11) is 0. The van der Waals surface area contributed by atoms with Gasteiger partial charge in [-0.15, -0.1) is 0 Å². The maximum atomic E-state index is 13.0. The molecule has 0 aromatic rings. The van der Waals surface area contributed by atoms with E-state index in [9.17, 15) is 34.5 Å². The molecule has 0 radical (unpaired) electrons. The Hall–Kier alpha value is -3.58. The van der Waals surface area contributed by atoms with Crippen LogP contribution in [0.1, 0.15) is 201 Å². The van der Waals surface area contributed by atoms with Crippen LogP contribution < -0.4 is 0 Å². The highest BCUT2D eigenvalue weighted by Crippen LogP contribution is 2.26. The number of aliphatic carboxylic acids is 1. The summed E-state index contributed by atoms with van der Waals surface area (Å²) in [5.41, 5.74) is 0. The second-order valence-corrected chi connectivity index (χ2v) is 17.1. The van der Waals surface area contributed by atoms with Gasteiger partial charge in [-0.05, 0) is 77.0 Å². The maximum absolute atomic E-state index is 13.0. The Bertz CT molecular complexity index is 1370. The van der Waals surface area contributed by atoms with Crippen molar-refractivity contribution < 1.29 is 58.2 Å². The molecular weight excluding hydrogens is 829 g/mol. The van der Waals surface area contributed by atoms with Crippen molar-refractivity contribution in [3.8, 4) is 0 Å². The van der Waals surface area contributed by atoms with E-state index in [0.29, 0.717) is 19.3 Å². The number of carboxylic acid groups (broad SMARTS) is 1. The molecule has 6 atom stereocenters. The summed E-state index contributed by atoms with van der Waals surface area (Å²) < 4.78 is 28.2. The molecule has 12 nitrogen and oxygen atoms in total. The largest absolute Gasteiger partial charge is 0.479 e. The molecule has 12 heteroatoms. The van der Waals surface area contributed by atoms with Crippen LogP contribution in [0.2, 0.25) is 0 Å². The number of aliphatic hydroxyl groups is 2. The van der Waals surface area contributed by atoms with E-state index >= 15 is 0 Å². The van der Waals surface area contributed by atoms with Gasteiger partial charge in [0.05, 0.1) is 6.61 Å². The number of unbranched alkanes of at least 4 members (excludes halogenated alkanes) is 17. The Morgan fingerprint density at radius 2 is 1.00 bits per heavy atom. The van der Waals surface area contributed by atoms with Gasteiger partial charge in [0.25, 0.3) is 0 Å². The molecule has 1 aliphatic heterocycles. The number of ether oxygens (including phenoxy) is 5. The van der Waals surface area contributed by atoms with Crippen LogP contribution in [-0.4, -0.2) is 89.2 Å². The highest BCUT2D eigenvalue weighted by atomic mass is 16.7. The van der Waals surface area contributed by atoms with Crippen LogP contribution in [0.5, 0.6) is 0 Å². The van der Waals surface area contributed by atoms with Crippen LogP contribution in [0.25, 0.3) is 0 Å². The van der Waals surface area contributed by atoms with E-state index in [1.165, 1.54) is 32.1 Å². The lowest BCUT2D eigenvalue weighted by atomic mass is 9.98. The third kappa shape index (κ3) is 32.7. The summed E-state index contributed by atoms with van der Waals surface area (Å²) in [6.45, 7) is 5.72. The number of carboxylic acids is 1. The van der Waals surface area contributed by atoms with Gasteiger partial charge in [-0.1, -0.05) is 165 Å². The van der Waals surface area contributed by atoms with Gasteiger partial charge >= 0.3 is 23.9 Å². The van der Waals surface area contributed by atoms with Crippen LogP contribution in [0.3, 0.4) is 0 Å². The van der Waals surface area contributed by atoms with Gasteiger partial charge in [-0.2, -0.15) is 0 Å². The number of carbonyl (C=O) groups excluding carboxylic acids is 3. The minimum atomic E-state index is -1.91. The molecule has 0 amide bonds.